The van der Waals surface area contributed by atoms with Crippen LogP contribution in [0.15, 0.2) is 0 Å². The number of amides is 1. The van der Waals surface area contributed by atoms with Gasteiger partial charge in [-0.05, 0) is 12.3 Å². The van der Waals surface area contributed by atoms with Gasteiger partial charge in [0.1, 0.15) is 5.38 Å². The summed E-state index contributed by atoms with van der Waals surface area (Å²) >= 11 is 5.79. The zero-order chi connectivity index (χ0) is 8.85. The van der Waals surface area contributed by atoms with Crippen LogP contribution in [0.4, 0.5) is 0 Å². The molecule has 0 radical (unpaired) electrons. The minimum atomic E-state index is -0.387. The highest BCUT2D eigenvalue weighted by atomic mass is 35.5. The van der Waals surface area contributed by atoms with E-state index in [1.54, 1.807) is 0 Å². The Balaban J connectivity index is 3.64. The first-order valence-corrected chi connectivity index (χ1v) is 4.45. The second kappa shape index (κ2) is 5.42. The predicted octanol–water partition coefficient (Wildman–Crippen LogP) is 1.78. The van der Waals surface area contributed by atoms with E-state index in [2.05, 4.69) is 5.32 Å². The van der Waals surface area contributed by atoms with E-state index in [0.717, 1.165) is 13.0 Å². The van der Waals surface area contributed by atoms with Crippen LogP contribution in [0.2, 0.25) is 0 Å². The average molecular weight is 178 g/mol. The standard InChI is InChI=1S/C8H16ClNO/c1-4-5-10-8(11)7(9)6(2)3/h6-7H,4-5H2,1-3H3,(H,10,11). The van der Waals surface area contributed by atoms with Gasteiger partial charge in [0.05, 0.1) is 0 Å². The lowest BCUT2D eigenvalue weighted by atomic mass is 10.1. The van der Waals surface area contributed by atoms with E-state index in [1.165, 1.54) is 0 Å². The number of rotatable bonds is 4. The number of carbonyl (C=O) groups excluding carboxylic acids is 1. The van der Waals surface area contributed by atoms with Gasteiger partial charge in [0.25, 0.3) is 0 Å². The van der Waals surface area contributed by atoms with Crippen molar-refractivity contribution in [3.63, 3.8) is 0 Å². The molecular weight excluding hydrogens is 162 g/mol. The molecule has 1 amide bonds. The fourth-order valence-electron chi connectivity index (χ4n) is 0.648. The maximum Gasteiger partial charge on any atom is 0.238 e. The quantitative estimate of drug-likeness (QED) is 0.652. The molecule has 0 rings (SSSR count). The molecule has 0 aromatic heterocycles. The van der Waals surface area contributed by atoms with Crippen LogP contribution in [0.5, 0.6) is 0 Å². The van der Waals surface area contributed by atoms with Gasteiger partial charge in [0.15, 0.2) is 0 Å². The summed E-state index contributed by atoms with van der Waals surface area (Å²) in [6, 6.07) is 0. The Bertz CT molecular complexity index is 125. The van der Waals surface area contributed by atoms with Crippen LogP contribution >= 0.6 is 11.6 Å². The molecule has 0 saturated heterocycles. The van der Waals surface area contributed by atoms with Crippen molar-refractivity contribution >= 4 is 17.5 Å². The Kier molecular flexibility index (Phi) is 5.30. The molecule has 1 atom stereocenters. The van der Waals surface area contributed by atoms with Crippen molar-refractivity contribution in [3.05, 3.63) is 0 Å². The molecule has 3 heteroatoms. The molecule has 0 aliphatic rings. The van der Waals surface area contributed by atoms with Crippen molar-refractivity contribution in [1.29, 1.82) is 0 Å². The van der Waals surface area contributed by atoms with Crippen LogP contribution in [-0.4, -0.2) is 17.8 Å². The zero-order valence-corrected chi connectivity index (χ0v) is 8.11. The summed E-state index contributed by atoms with van der Waals surface area (Å²) in [6.07, 6.45) is 0.952. The van der Waals surface area contributed by atoms with Gasteiger partial charge in [0, 0.05) is 6.54 Å². The first kappa shape index (κ1) is 10.8. The lowest BCUT2D eigenvalue weighted by Gasteiger charge is -2.12. The maximum atomic E-state index is 11.1. The molecule has 0 bridgehead atoms. The summed E-state index contributed by atoms with van der Waals surface area (Å²) in [7, 11) is 0. The molecule has 1 N–H and O–H groups in total. The summed E-state index contributed by atoms with van der Waals surface area (Å²) in [6.45, 7) is 6.60. The fourth-order valence-corrected chi connectivity index (χ4v) is 0.726. The number of nitrogens with one attached hydrogen (secondary N) is 1. The minimum Gasteiger partial charge on any atom is -0.355 e. The SMILES string of the molecule is CCCNC(=O)C(Cl)C(C)C. The Morgan fingerprint density at radius 2 is 2.09 bits per heavy atom. The number of hydrogen-bond acceptors (Lipinski definition) is 1. The van der Waals surface area contributed by atoms with E-state index < -0.39 is 0 Å². The van der Waals surface area contributed by atoms with E-state index >= 15 is 0 Å². The van der Waals surface area contributed by atoms with Crippen LogP contribution < -0.4 is 5.32 Å². The second-order valence-electron chi connectivity index (χ2n) is 2.94. The summed E-state index contributed by atoms with van der Waals surface area (Å²) < 4.78 is 0. The smallest absolute Gasteiger partial charge is 0.238 e. The van der Waals surface area contributed by atoms with Crippen LogP contribution in [0.1, 0.15) is 27.2 Å². The average Bonchev–Trinajstić information content (AvgIpc) is 1.98. The zero-order valence-electron chi connectivity index (χ0n) is 7.36. The van der Waals surface area contributed by atoms with E-state index in [0.29, 0.717) is 0 Å². The summed E-state index contributed by atoms with van der Waals surface area (Å²) in [5, 5.41) is 2.36. The molecule has 0 aliphatic carbocycles. The Morgan fingerprint density at radius 3 is 2.45 bits per heavy atom. The van der Waals surface area contributed by atoms with Gasteiger partial charge in [-0.15, -0.1) is 11.6 Å². The molecule has 2 nitrogen and oxygen atoms in total. The fraction of sp³-hybridized carbons (Fsp3) is 0.875. The topological polar surface area (TPSA) is 29.1 Å². The van der Waals surface area contributed by atoms with Crippen LogP contribution in [0, 0.1) is 5.92 Å². The molecule has 0 heterocycles. The molecule has 0 fully saturated rings. The van der Waals surface area contributed by atoms with Gasteiger partial charge in [-0.1, -0.05) is 20.8 Å². The van der Waals surface area contributed by atoms with Crippen molar-refractivity contribution in [3.8, 4) is 0 Å². The number of alkyl halides is 1. The Morgan fingerprint density at radius 1 is 1.55 bits per heavy atom. The summed E-state index contributed by atoms with van der Waals surface area (Å²) in [4.78, 5) is 11.1. The van der Waals surface area contributed by atoms with Crippen molar-refractivity contribution in [2.24, 2.45) is 5.92 Å². The van der Waals surface area contributed by atoms with Crippen molar-refractivity contribution in [1.82, 2.24) is 5.32 Å². The molecule has 0 aliphatic heterocycles. The predicted molar refractivity (Wildman–Crippen MR) is 47.8 cm³/mol. The Labute approximate surface area is 73.3 Å². The minimum absolute atomic E-state index is 0.0523. The molecular formula is C8H16ClNO. The molecule has 66 valence electrons. The van der Waals surface area contributed by atoms with Crippen molar-refractivity contribution in [2.75, 3.05) is 6.54 Å². The van der Waals surface area contributed by atoms with E-state index in [4.69, 9.17) is 11.6 Å². The summed E-state index contributed by atoms with van der Waals surface area (Å²) in [5.41, 5.74) is 0. The molecule has 11 heavy (non-hydrogen) atoms. The largest absolute Gasteiger partial charge is 0.355 e. The molecule has 0 spiro atoms. The van der Waals surface area contributed by atoms with E-state index in [9.17, 15) is 4.79 Å². The van der Waals surface area contributed by atoms with Crippen LogP contribution in [0.3, 0.4) is 0 Å². The maximum absolute atomic E-state index is 11.1. The normalized spacial score (nSPS) is 13.2. The first-order valence-electron chi connectivity index (χ1n) is 4.01. The van der Waals surface area contributed by atoms with Crippen molar-refractivity contribution in [2.45, 2.75) is 32.6 Å². The van der Waals surface area contributed by atoms with Gasteiger partial charge in [0.2, 0.25) is 5.91 Å². The Hall–Kier alpha value is -0.240. The lowest BCUT2D eigenvalue weighted by Crippen LogP contribution is -2.34. The molecule has 0 saturated carbocycles. The molecule has 1 unspecified atom stereocenters. The third-order valence-electron chi connectivity index (χ3n) is 1.39. The molecule has 0 aromatic rings. The van der Waals surface area contributed by atoms with E-state index in [1.807, 2.05) is 20.8 Å². The van der Waals surface area contributed by atoms with E-state index in [-0.39, 0.29) is 17.2 Å². The lowest BCUT2D eigenvalue weighted by molar-refractivity contribution is -0.121. The number of hydrogen-bond donors (Lipinski definition) is 1. The van der Waals surface area contributed by atoms with Crippen LogP contribution in [-0.2, 0) is 4.79 Å². The van der Waals surface area contributed by atoms with Gasteiger partial charge >= 0.3 is 0 Å². The number of carbonyl (C=O) groups is 1. The monoisotopic (exact) mass is 177 g/mol. The van der Waals surface area contributed by atoms with Crippen molar-refractivity contribution < 1.29 is 4.79 Å². The highest BCUT2D eigenvalue weighted by Crippen LogP contribution is 2.08. The summed E-state index contributed by atoms with van der Waals surface area (Å²) in [5.74, 6) is 0.150. The first-order chi connectivity index (χ1) is 5.09. The third-order valence-corrected chi connectivity index (χ3v) is 2.09. The highest BCUT2D eigenvalue weighted by molar-refractivity contribution is 6.30. The second-order valence-corrected chi connectivity index (χ2v) is 3.41. The van der Waals surface area contributed by atoms with Crippen LogP contribution in [0.25, 0.3) is 0 Å². The molecule has 0 aromatic carbocycles. The highest BCUT2D eigenvalue weighted by Gasteiger charge is 2.17. The van der Waals surface area contributed by atoms with Gasteiger partial charge in [-0.25, -0.2) is 0 Å². The number of halogens is 1. The van der Waals surface area contributed by atoms with Gasteiger partial charge < -0.3 is 5.32 Å². The van der Waals surface area contributed by atoms with Gasteiger partial charge in [-0.3, -0.25) is 4.79 Å². The van der Waals surface area contributed by atoms with Gasteiger partial charge in [-0.2, -0.15) is 0 Å². The third kappa shape index (κ3) is 4.25.